The van der Waals surface area contributed by atoms with E-state index in [0.717, 1.165) is 0 Å². The van der Waals surface area contributed by atoms with Crippen LogP contribution in [0.3, 0.4) is 0 Å². The molecule has 2 rings (SSSR count). The molecule has 1 aromatic carbocycles. The zero-order chi connectivity index (χ0) is 9.69. The minimum Gasteiger partial charge on any atom is -0.0656 e. The fourth-order valence-electron chi connectivity index (χ4n) is 2.96. The van der Waals surface area contributed by atoms with Gasteiger partial charge in [0.15, 0.2) is 0 Å². The van der Waals surface area contributed by atoms with Crippen LogP contribution in [0.5, 0.6) is 0 Å². The Bertz CT molecular complexity index is 307. The summed E-state index contributed by atoms with van der Waals surface area (Å²) in [6.45, 7) is 10.1. The molecule has 70 valence electrons. The Hall–Kier alpha value is -0.346. The van der Waals surface area contributed by atoms with Crippen molar-refractivity contribution in [1.82, 2.24) is 0 Å². The lowest BCUT2D eigenvalue weighted by molar-refractivity contribution is 1.63. The van der Waals surface area contributed by atoms with Gasteiger partial charge in [0, 0.05) is 0 Å². The number of fused-ring (bicyclic) bond motifs is 1. The predicted octanol–water partition coefficient (Wildman–Crippen LogP) is 2.07. The van der Waals surface area contributed by atoms with E-state index in [2.05, 4.69) is 50.5 Å². The fraction of sp³-hybridized carbons (Fsp3) is 0.455. The van der Waals surface area contributed by atoms with Crippen molar-refractivity contribution in [3.05, 3.63) is 24.3 Å². The minimum atomic E-state index is -1.03. The van der Waals surface area contributed by atoms with Gasteiger partial charge in [-0.25, -0.2) is 0 Å². The van der Waals surface area contributed by atoms with Gasteiger partial charge in [0.25, 0.3) is 0 Å². The second-order valence-corrected chi connectivity index (χ2v) is 15.5. The van der Waals surface area contributed by atoms with Gasteiger partial charge in [0.2, 0.25) is 0 Å². The third-order valence-corrected chi connectivity index (χ3v) is 14.4. The molecule has 1 heterocycles. The molecule has 2 heteroatoms. The van der Waals surface area contributed by atoms with Crippen LogP contribution in [-0.4, -0.2) is 16.1 Å². The monoisotopic (exact) mass is 206 g/mol. The van der Waals surface area contributed by atoms with Crippen LogP contribution in [0.25, 0.3) is 0 Å². The first-order valence-corrected chi connectivity index (χ1v) is 11.4. The van der Waals surface area contributed by atoms with E-state index in [1.165, 1.54) is 0 Å². The molecule has 1 aromatic rings. The van der Waals surface area contributed by atoms with E-state index >= 15 is 0 Å². The molecule has 0 nitrogen and oxygen atoms in total. The summed E-state index contributed by atoms with van der Waals surface area (Å²) < 4.78 is 0. The lowest BCUT2D eigenvalue weighted by atomic mass is 10.4. The first-order valence-electron chi connectivity index (χ1n) is 5.03. The number of rotatable bonds is 0. The van der Waals surface area contributed by atoms with Gasteiger partial charge >= 0.3 is 0 Å². The summed E-state index contributed by atoms with van der Waals surface area (Å²) >= 11 is 0. The second kappa shape index (κ2) is 2.58. The zero-order valence-corrected chi connectivity index (χ0v) is 11.0. The summed E-state index contributed by atoms with van der Waals surface area (Å²) in [6, 6.07) is 9.18. The van der Waals surface area contributed by atoms with Crippen LogP contribution < -0.4 is 10.4 Å². The van der Waals surface area contributed by atoms with Crippen molar-refractivity contribution in [3.8, 4) is 0 Å². The Morgan fingerprint density at radius 1 is 0.846 bits per heavy atom. The lowest BCUT2D eigenvalue weighted by Gasteiger charge is -2.19. The molecule has 0 aromatic heterocycles. The van der Waals surface area contributed by atoms with Crippen molar-refractivity contribution in [2.75, 3.05) is 0 Å². The van der Waals surface area contributed by atoms with Crippen molar-refractivity contribution >= 4 is 26.5 Å². The van der Waals surface area contributed by atoms with Gasteiger partial charge in [0.1, 0.15) is 0 Å². The van der Waals surface area contributed by atoms with Crippen molar-refractivity contribution in [2.45, 2.75) is 31.9 Å². The molecule has 0 spiro atoms. The molecule has 0 atom stereocenters. The Morgan fingerprint density at radius 2 is 1.23 bits per heavy atom. The number of hydrogen-bond acceptors (Lipinski definition) is 0. The zero-order valence-electron chi connectivity index (χ0n) is 9.02. The number of benzene rings is 1. The molecule has 1 aliphatic heterocycles. The first-order chi connectivity index (χ1) is 5.93. The van der Waals surface area contributed by atoms with Crippen LogP contribution >= 0.6 is 0 Å². The fourth-order valence-corrected chi connectivity index (χ4v) is 18.1. The minimum absolute atomic E-state index is 1.03. The normalized spacial score (nSPS) is 22.8. The first kappa shape index (κ1) is 9.22. The highest BCUT2D eigenvalue weighted by atomic mass is 28.4. The Morgan fingerprint density at radius 3 is 1.62 bits per heavy atom. The Kier molecular flexibility index (Phi) is 1.83. The molecule has 0 N–H and O–H groups in total. The van der Waals surface area contributed by atoms with Crippen molar-refractivity contribution in [2.24, 2.45) is 0 Å². The van der Waals surface area contributed by atoms with E-state index in [1.807, 2.05) is 0 Å². The van der Waals surface area contributed by atoms with Gasteiger partial charge in [-0.05, 0) is 0 Å². The molecular weight excluding hydrogens is 188 g/mol. The molecule has 0 aliphatic carbocycles. The molecule has 0 fully saturated rings. The summed E-state index contributed by atoms with van der Waals surface area (Å²) in [5.74, 6) is 0. The standard InChI is InChI=1S/C11H18Si2/c1-12(2)9-13(3,4)11-8-6-5-7-10(11)12/h5-8H,9H2,1-4H3. The highest BCUT2D eigenvalue weighted by molar-refractivity contribution is 7.14. The summed E-state index contributed by atoms with van der Waals surface area (Å²) in [6.07, 6.45) is 0. The average molecular weight is 206 g/mol. The van der Waals surface area contributed by atoms with Crippen molar-refractivity contribution in [3.63, 3.8) is 0 Å². The average Bonchev–Trinajstić information content (AvgIpc) is 2.20. The predicted molar refractivity (Wildman–Crippen MR) is 65.5 cm³/mol. The van der Waals surface area contributed by atoms with E-state index in [4.69, 9.17) is 0 Å². The van der Waals surface area contributed by atoms with E-state index < -0.39 is 16.1 Å². The van der Waals surface area contributed by atoms with E-state index in [-0.39, 0.29) is 0 Å². The van der Waals surface area contributed by atoms with E-state index in [9.17, 15) is 0 Å². The summed E-state index contributed by atoms with van der Waals surface area (Å²) in [4.78, 5) is 0. The quantitative estimate of drug-likeness (QED) is 0.570. The molecule has 0 bridgehead atoms. The van der Waals surface area contributed by atoms with Crippen LogP contribution in [0.4, 0.5) is 0 Å². The maximum Gasteiger partial charge on any atom is 0.0782 e. The van der Waals surface area contributed by atoms with Crippen molar-refractivity contribution in [1.29, 1.82) is 0 Å². The van der Waals surface area contributed by atoms with Crippen LogP contribution in [0.2, 0.25) is 31.9 Å². The maximum absolute atomic E-state index is 2.52. The molecule has 0 saturated heterocycles. The van der Waals surface area contributed by atoms with Crippen LogP contribution in [-0.2, 0) is 0 Å². The highest BCUT2D eigenvalue weighted by Gasteiger charge is 2.43. The highest BCUT2D eigenvalue weighted by Crippen LogP contribution is 2.25. The van der Waals surface area contributed by atoms with Gasteiger partial charge in [-0.1, -0.05) is 66.5 Å². The largest absolute Gasteiger partial charge is 0.0782 e. The third-order valence-electron chi connectivity index (χ3n) is 3.27. The van der Waals surface area contributed by atoms with Gasteiger partial charge in [-0.2, -0.15) is 0 Å². The molecule has 0 unspecified atom stereocenters. The number of hydrogen-bond donors (Lipinski definition) is 0. The van der Waals surface area contributed by atoms with E-state index in [0.29, 0.717) is 0 Å². The Labute approximate surface area is 83.0 Å². The molecule has 1 aliphatic rings. The van der Waals surface area contributed by atoms with Crippen LogP contribution in [0, 0.1) is 0 Å². The van der Waals surface area contributed by atoms with Crippen LogP contribution in [0.15, 0.2) is 24.3 Å². The van der Waals surface area contributed by atoms with Gasteiger partial charge in [-0.3, -0.25) is 0 Å². The van der Waals surface area contributed by atoms with Crippen LogP contribution in [0.1, 0.15) is 0 Å². The van der Waals surface area contributed by atoms with Gasteiger partial charge < -0.3 is 0 Å². The van der Waals surface area contributed by atoms with Gasteiger partial charge in [-0.15, -0.1) is 0 Å². The molecule has 0 saturated carbocycles. The summed E-state index contributed by atoms with van der Waals surface area (Å²) in [5.41, 5.74) is 1.54. The smallest absolute Gasteiger partial charge is 0.0656 e. The van der Waals surface area contributed by atoms with E-state index in [1.54, 1.807) is 16.0 Å². The third kappa shape index (κ3) is 1.32. The topological polar surface area (TPSA) is 0 Å². The second-order valence-electron chi connectivity index (χ2n) is 5.49. The Balaban J connectivity index is 2.64. The lowest BCUT2D eigenvalue weighted by Crippen LogP contribution is -2.43. The molecule has 13 heavy (non-hydrogen) atoms. The molecule has 0 radical (unpaired) electrons. The SMILES string of the molecule is C[Si]1(C)C[Si](C)(C)c2ccccc21. The molecular formula is C11H18Si2. The van der Waals surface area contributed by atoms with Gasteiger partial charge in [0.05, 0.1) is 16.1 Å². The van der Waals surface area contributed by atoms with Crippen molar-refractivity contribution < 1.29 is 0 Å². The molecule has 0 amide bonds. The summed E-state index contributed by atoms with van der Waals surface area (Å²) in [7, 11) is -2.07. The summed E-state index contributed by atoms with van der Waals surface area (Å²) in [5, 5.41) is 3.48. The maximum atomic E-state index is 2.52.